The van der Waals surface area contributed by atoms with Crippen LogP contribution in [-0.2, 0) is 13.1 Å². The smallest absolute Gasteiger partial charge is 0.230 e. The molecule has 0 aliphatic rings. The molecular formula is C14H18FN3OS. The molecule has 108 valence electrons. The van der Waals surface area contributed by atoms with E-state index in [2.05, 4.69) is 10.3 Å². The topological polar surface area (TPSA) is 37.4 Å². The van der Waals surface area contributed by atoms with Crippen molar-refractivity contribution in [2.75, 3.05) is 26.1 Å². The van der Waals surface area contributed by atoms with Gasteiger partial charge in [-0.3, -0.25) is 0 Å². The molecule has 0 unspecified atom stereocenters. The predicted octanol–water partition coefficient (Wildman–Crippen LogP) is 2.65. The molecule has 6 heteroatoms. The molecule has 0 atom stereocenters. The normalized spacial score (nSPS) is 10.6. The zero-order chi connectivity index (χ0) is 14.5. The monoisotopic (exact) mass is 295 g/mol. The maximum atomic E-state index is 13.5. The molecule has 1 aromatic carbocycles. The number of nitrogens with one attached hydrogen (secondary N) is 1. The summed E-state index contributed by atoms with van der Waals surface area (Å²) in [5.74, 6) is 0.435. The van der Waals surface area contributed by atoms with Gasteiger partial charge in [0.25, 0.3) is 0 Å². The van der Waals surface area contributed by atoms with Gasteiger partial charge >= 0.3 is 0 Å². The molecule has 0 saturated heterocycles. The van der Waals surface area contributed by atoms with E-state index < -0.39 is 0 Å². The zero-order valence-corrected chi connectivity index (χ0v) is 12.6. The predicted molar refractivity (Wildman–Crippen MR) is 79.9 cm³/mol. The average molecular weight is 295 g/mol. The summed E-state index contributed by atoms with van der Waals surface area (Å²) in [7, 11) is 5.48. The van der Waals surface area contributed by atoms with E-state index >= 15 is 0 Å². The third-order valence-electron chi connectivity index (χ3n) is 2.78. The Morgan fingerprint density at radius 3 is 2.70 bits per heavy atom. The second-order valence-electron chi connectivity index (χ2n) is 4.52. The van der Waals surface area contributed by atoms with Crippen LogP contribution in [0.2, 0.25) is 0 Å². The van der Waals surface area contributed by atoms with Gasteiger partial charge in [-0.25, -0.2) is 4.39 Å². The molecule has 0 saturated carbocycles. The Balaban J connectivity index is 1.99. The van der Waals surface area contributed by atoms with Crippen LogP contribution in [0.4, 0.5) is 9.52 Å². The summed E-state index contributed by atoms with van der Waals surface area (Å²) in [6.45, 7) is 1.08. The maximum absolute atomic E-state index is 13.5. The van der Waals surface area contributed by atoms with Crippen molar-refractivity contribution < 1.29 is 9.13 Å². The first-order chi connectivity index (χ1) is 9.61. The minimum absolute atomic E-state index is 0.190. The summed E-state index contributed by atoms with van der Waals surface area (Å²) in [4.78, 5) is 7.32. The number of ether oxygens (including phenoxy) is 1. The van der Waals surface area contributed by atoms with Crippen molar-refractivity contribution in [1.82, 2.24) is 10.3 Å². The van der Waals surface area contributed by atoms with Gasteiger partial charge in [0.05, 0.1) is 12.0 Å². The number of halogens is 1. The maximum Gasteiger partial charge on any atom is 0.230 e. The van der Waals surface area contributed by atoms with Gasteiger partial charge in [0.1, 0.15) is 5.82 Å². The summed E-state index contributed by atoms with van der Waals surface area (Å²) in [6, 6.07) is 6.76. The van der Waals surface area contributed by atoms with Gasteiger partial charge in [0.2, 0.25) is 5.88 Å². The number of benzene rings is 1. The molecule has 1 heterocycles. The minimum Gasteiger partial charge on any atom is -0.480 e. The van der Waals surface area contributed by atoms with E-state index in [1.54, 1.807) is 30.6 Å². The number of nitrogens with zero attached hydrogens (tertiary/aromatic N) is 2. The lowest BCUT2D eigenvalue weighted by molar-refractivity contribution is 0.394. The Morgan fingerprint density at radius 1 is 1.30 bits per heavy atom. The number of anilines is 1. The molecule has 0 aliphatic heterocycles. The fourth-order valence-electron chi connectivity index (χ4n) is 1.74. The highest BCUT2D eigenvalue weighted by Gasteiger charge is 2.12. The summed E-state index contributed by atoms with van der Waals surface area (Å²) < 4.78 is 18.8. The molecule has 0 spiro atoms. The fraction of sp³-hybridized carbons (Fsp3) is 0.357. The summed E-state index contributed by atoms with van der Waals surface area (Å²) in [6.07, 6.45) is 0. The molecule has 4 nitrogen and oxygen atoms in total. The molecule has 0 aliphatic carbocycles. The van der Waals surface area contributed by atoms with E-state index in [1.165, 1.54) is 6.07 Å². The van der Waals surface area contributed by atoms with Crippen molar-refractivity contribution >= 4 is 16.5 Å². The first-order valence-electron chi connectivity index (χ1n) is 6.27. The Labute approximate surface area is 122 Å². The van der Waals surface area contributed by atoms with E-state index in [0.717, 1.165) is 10.0 Å². The number of methoxy groups -OCH3 is 1. The molecule has 0 bridgehead atoms. The lowest BCUT2D eigenvalue weighted by Crippen LogP contribution is -2.13. The SMILES string of the molecule is COc1nc(N(C)C)sc1CNCc1ccccc1F. The molecule has 20 heavy (non-hydrogen) atoms. The standard InChI is InChI=1S/C14H18FN3OS/c1-18(2)14-17-13(19-3)12(20-14)9-16-8-10-6-4-5-7-11(10)15/h4-7,16H,8-9H2,1-3H3. The van der Waals surface area contributed by atoms with Crippen LogP contribution in [0.15, 0.2) is 24.3 Å². The van der Waals surface area contributed by atoms with Gasteiger partial charge in [-0.2, -0.15) is 4.98 Å². The molecule has 1 aromatic heterocycles. The van der Waals surface area contributed by atoms with Crippen LogP contribution in [0, 0.1) is 5.82 Å². The lowest BCUT2D eigenvalue weighted by Gasteiger charge is -2.05. The quantitative estimate of drug-likeness (QED) is 0.889. The number of thiazole rings is 1. The zero-order valence-electron chi connectivity index (χ0n) is 11.8. The van der Waals surface area contributed by atoms with Crippen LogP contribution in [0.1, 0.15) is 10.4 Å². The van der Waals surface area contributed by atoms with E-state index in [1.807, 2.05) is 25.1 Å². The average Bonchev–Trinajstić information content (AvgIpc) is 2.84. The second-order valence-corrected chi connectivity index (χ2v) is 5.58. The second kappa shape index (κ2) is 6.67. The van der Waals surface area contributed by atoms with Crippen LogP contribution in [0.3, 0.4) is 0 Å². The fourth-order valence-corrected chi connectivity index (χ4v) is 2.66. The first kappa shape index (κ1) is 14.7. The van der Waals surface area contributed by atoms with Crippen molar-refractivity contribution in [3.8, 4) is 5.88 Å². The van der Waals surface area contributed by atoms with Crippen molar-refractivity contribution in [2.24, 2.45) is 0 Å². The van der Waals surface area contributed by atoms with E-state index in [9.17, 15) is 4.39 Å². The Bertz CT molecular complexity index is 571. The molecule has 2 aromatic rings. The van der Waals surface area contributed by atoms with Gasteiger partial charge in [-0.15, -0.1) is 0 Å². The molecule has 2 rings (SSSR count). The summed E-state index contributed by atoms with van der Waals surface area (Å²) in [5, 5.41) is 4.11. The number of aromatic nitrogens is 1. The molecule has 0 amide bonds. The Morgan fingerprint density at radius 2 is 2.05 bits per heavy atom. The van der Waals surface area contributed by atoms with Crippen molar-refractivity contribution in [3.63, 3.8) is 0 Å². The van der Waals surface area contributed by atoms with Gasteiger partial charge in [0.15, 0.2) is 5.13 Å². The highest BCUT2D eigenvalue weighted by Crippen LogP contribution is 2.30. The molecule has 0 radical (unpaired) electrons. The van der Waals surface area contributed by atoms with E-state index in [0.29, 0.717) is 24.5 Å². The van der Waals surface area contributed by atoms with Gasteiger partial charge in [-0.1, -0.05) is 29.5 Å². The summed E-state index contributed by atoms with van der Waals surface area (Å²) >= 11 is 1.57. The Kier molecular flexibility index (Phi) is 4.92. The van der Waals surface area contributed by atoms with Crippen LogP contribution in [0.5, 0.6) is 5.88 Å². The van der Waals surface area contributed by atoms with Crippen molar-refractivity contribution in [3.05, 3.63) is 40.5 Å². The van der Waals surface area contributed by atoms with Crippen LogP contribution < -0.4 is 15.0 Å². The van der Waals surface area contributed by atoms with Crippen molar-refractivity contribution in [1.29, 1.82) is 0 Å². The summed E-state index contributed by atoms with van der Waals surface area (Å²) in [5.41, 5.74) is 0.656. The van der Waals surface area contributed by atoms with Crippen molar-refractivity contribution in [2.45, 2.75) is 13.1 Å². The largest absolute Gasteiger partial charge is 0.480 e. The van der Waals surface area contributed by atoms with Gasteiger partial charge in [-0.05, 0) is 6.07 Å². The molecule has 1 N–H and O–H groups in total. The minimum atomic E-state index is -0.190. The third kappa shape index (κ3) is 3.46. The third-order valence-corrected chi connectivity index (χ3v) is 3.99. The number of hydrogen-bond acceptors (Lipinski definition) is 5. The van der Waals surface area contributed by atoms with Crippen LogP contribution >= 0.6 is 11.3 Å². The highest BCUT2D eigenvalue weighted by molar-refractivity contribution is 7.15. The van der Waals surface area contributed by atoms with E-state index in [-0.39, 0.29) is 5.82 Å². The lowest BCUT2D eigenvalue weighted by atomic mass is 10.2. The van der Waals surface area contributed by atoms with Crippen LogP contribution in [-0.4, -0.2) is 26.2 Å². The van der Waals surface area contributed by atoms with E-state index in [4.69, 9.17) is 4.74 Å². The number of hydrogen-bond donors (Lipinski definition) is 1. The highest BCUT2D eigenvalue weighted by atomic mass is 32.1. The van der Waals surface area contributed by atoms with Crippen LogP contribution in [0.25, 0.3) is 0 Å². The first-order valence-corrected chi connectivity index (χ1v) is 7.08. The molecule has 0 fully saturated rings. The van der Waals surface area contributed by atoms with Gasteiger partial charge < -0.3 is 15.0 Å². The molecular weight excluding hydrogens is 277 g/mol. The van der Waals surface area contributed by atoms with Gasteiger partial charge in [0, 0.05) is 32.7 Å². The number of rotatable bonds is 6. The Hall–Kier alpha value is -1.66.